The minimum absolute atomic E-state index is 0.567. The molecule has 2 aliphatic rings. The first-order chi connectivity index (χ1) is 7.95. The Bertz CT molecular complexity index is 157. The van der Waals surface area contributed by atoms with E-state index in [-0.39, 0.29) is 0 Å². The van der Waals surface area contributed by atoms with Crippen molar-refractivity contribution >= 4 is 11.8 Å². The lowest BCUT2D eigenvalue weighted by Crippen LogP contribution is -2.33. The molecule has 0 radical (unpaired) electrons. The van der Waals surface area contributed by atoms with Gasteiger partial charge in [-0.15, -0.1) is 0 Å². The fourth-order valence-electron chi connectivity index (χ4n) is 2.57. The second kappa shape index (κ2) is 7.57. The molecule has 0 aromatic heterocycles. The summed E-state index contributed by atoms with van der Waals surface area (Å²) in [5.41, 5.74) is 0. The van der Waals surface area contributed by atoms with Gasteiger partial charge in [0.05, 0.1) is 6.10 Å². The second-order valence-corrected chi connectivity index (χ2v) is 6.20. The summed E-state index contributed by atoms with van der Waals surface area (Å²) in [6, 6.07) is 0.800. The predicted octanol–water partition coefficient (Wildman–Crippen LogP) is 2.82. The van der Waals surface area contributed by atoms with Gasteiger partial charge in [0.1, 0.15) is 0 Å². The SMILES string of the molecule is C1CCC(CCCNC2CCSCC2)OC1. The quantitative estimate of drug-likeness (QED) is 0.750. The molecule has 0 bridgehead atoms. The average molecular weight is 243 g/mol. The number of thioether (sulfide) groups is 1. The average Bonchev–Trinajstić information content (AvgIpc) is 2.37. The molecule has 1 unspecified atom stereocenters. The van der Waals surface area contributed by atoms with Gasteiger partial charge in [0.15, 0.2) is 0 Å². The molecule has 94 valence electrons. The van der Waals surface area contributed by atoms with E-state index in [2.05, 4.69) is 17.1 Å². The molecule has 16 heavy (non-hydrogen) atoms. The first kappa shape index (κ1) is 12.7. The van der Waals surface area contributed by atoms with Crippen LogP contribution >= 0.6 is 11.8 Å². The summed E-state index contributed by atoms with van der Waals surface area (Å²) in [5.74, 6) is 2.70. The van der Waals surface area contributed by atoms with E-state index in [1.54, 1.807) is 0 Å². The van der Waals surface area contributed by atoms with Crippen molar-refractivity contribution in [3.63, 3.8) is 0 Å². The molecule has 2 aliphatic heterocycles. The zero-order valence-electron chi connectivity index (χ0n) is 10.2. The molecule has 2 heterocycles. The molecule has 0 aromatic rings. The third-order valence-corrected chi connectivity index (χ3v) is 4.68. The van der Waals surface area contributed by atoms with Gasteiger partial charge in [0.25, 0.3) is 0 Å². The molecule has 0 aromatic carbocycles. The Morgan fingerprint density at radius 3 is 2.75 bits per heavy atom. The van der Waals surface area contributed by atoms with E-state index in [0.717, 1.165) is 12.6 Å². The Balaban J connectivity index is 1.47. The van der Waals surface area contributed by atoms with Crippen LogP contribution in [0.25, 0.3) is 0 Å². The fourth-order valence-corrected chi connectivity index (χ4v) is 3.68. The number of hydrogen-bond donors (Lipinski definition) is 1. The molecule has 2 saturated heterocycles. The van der Waals surface area contributed by atoms with E-state index in [4.69, 9.17) is 4.74 Å². The lowest BCUT2D eigenvalue weighted by atomic mass is 10.0. The summed E-state index contributed by atoms with van der Waals surface area (Å²) in [6.45, 7) is 2.19. The van der Waals surface area contributed by atoms with Crippen LogP contribution in [-0.2, 0) is 4.74 Å². The van der Waals surface area contributed by atoms with Crippen LogP contribution in [0.3, 0.4) is 0 Å². The Morgan fingerprint density at radius 2 is 2.00 bits per heavy atom. The molecule has 2 fully saturated rings. The maximum atomic E-state index is 5.74. The summed E-state index contributed by atoms with van der Waals surface area (Å²) >= 11 is 2.10. The molecule has 2 nitrogen and oxygen atoms in total. The molecule has 3 heteroatoms. The highest BCUT2D eigenvalue weighted by atomic mass is 32.2. The summed E-state index contributed by atoms with van der Waals surface area (Å²) in [7, 11) is 0. The Kier molecular flexibility index (Phi) is 6.02. The summed E-state index contributed by atoms with van der Waals surface area (Å²) in [4.78, 5) is 0. The van der Waals surface area contributed by atoms with Gasteiger partial charge < -0.3 is 10.1 Å². The van der Waals surface area contributed by atoms with Gasteiger partial charge in [0, 0.05) is 12.6 Å². The Morgan fingerprint density at radius 1 is 1.12 bits per heavy atom. The summed E-state index contributed by atoms with van der Waals surface area (Å²) in [5, 5.41) is 3.69. The molecule has 1 N–H and O–H groups in total. The number of ether oxygens (including phenoxy) is 1. The van der Waals surface area contributed by atoms with Gasteiger partial charge in [0.2, 0.25) is 0 Å². The minimum Gasteiger partial charge on any atom is -0.378 e. The number of hydrogen-bond acceptors (Lipinski definition) is 3. The van der Waals surface area contributed by atoms with Crippen LogP contribution in [0.1, 0.15) is 44.9 Å². The van der Waals surface area contributed by atoms with Crippen LogP contribution < -0.4 is 5.32 Å². The molecule has 0 amide bonds. The van der Waals surface area contributed by atoms with Crippen molar-refractivity contribution in [2.24, 2.45) is 0 Å². The standard InChI is InChI=1S/C13H25NOS/c1-2-9-15-13(4-1)5-3-8-14-12-6-10-16-11-7-12/h12-14H,1-11H2. The molecular formula is C13H25NOS. The van der Waals surface area contributed by atoms with Gasteiger partial charge in [-0.2, -0.15) is 11.8 Å². The van der Waals surface area contributed by atoms with E-state index in [1.165, 1.54) is 63.0 Å². The topological polar surface area (TPSA) is 21.3 Å². The smallest absolute Gasteiger partial charge is 0.0575 e. The highest BCUT2D eigenvalue weighted by Gasteiger charge is 2.15. The van der Waals surface area contributed by atoms with E-state index in [9.17, 15) is 0 Å². The predicted molar refractivity (Wildman–Crippen MR) is 71.2 cm³/mol. The van der Waals surface area contributed by atoms with Crippen LogP contribution in [0.5, 0.6) is 0 Å². The van der Waals surface area contributed by atoms with Crippen molar-refractivity contribution in [1.29, 1.82) is 0 Å². The lowest BCUT2D eigenvalue weighted by molar-refractivity contribution is 0.0101. The second-order valence-electron chi connectivity index (χ2n) is 4.97. The van der Waals surface area contributed by atoms with Crippen molar-refractivity contribution in [2.45, 2.75) is 57.1 Å². The summed E-state index contributed by atoms with van der Waals surface area (Å²) in [6.07, 6.45) is 9.78. The normalized spacial score (nSPS) is 28.1. The third-order valence-electron chi connectivity index (χ3n) is 3.63. The van der Waals surface area contributed by atoms with Crippen molar-refractivity contribution < 1.29 is 4.74 Å². The van der Waals surface area contributed by atoms with Crippen molar-refractivity contribution in [2.75, 3.05) is 24.7 Å². The van der Waals surface area contributed by atoms with Crippen LogP contribution in [-0.4, -0.2) is 36.8 Å². The highest BCUT2D eigenvalue weighted by molar-refractivity contribution is 7.99. The maximum absolute atomic E-state index is 5.74. The van der Waals surface area contributed by atoms with Crippen LogP contribution in [0.4, 0.5) is 0 Å². The molecule has 2 rings (SSSR count). The van der Waals surface area contributed by atoms with Crippen LogP contribution in [0, 0.1) is 0 Å². The van der Waals surface area contributed by atoms with Crippen LogP contribution in [0.15, 0.2) is 0 Å². The zero-order valence-corrected chi connectivity index (χ0v) is 11.1. The molecular weight excluding hydrogens is 218 g/mol. The minimum atomic E-state index is 0.567. The lowest BCUT2D eigenvalue weighted by Gasteiger charge is -2.24. The van der Waals surface area contributed by atoms with Gasteiger partial charge in [-0.25, -0.2) is 0 Å². The van der Waals surface area contributed by atoms with E-state index in [1.807, 2.05) is 0 Å². The molecule has 0 aliphatic carbocycles. The van der Waals surface area contributed by atoms with Crippen molar-refractivity contribution in [1.82, 2.24) is 5.32 Å². The Labute approximate surface area is 104 Å². The monoisotopic (exact) mass is 243 g/mol. The zero-order chi connectivity index (χ0) is 11.1. The van der Waals surface area contributed by atoms with E-state index >= 15 is 0 Å². The van der Waals surface area contributed by atoms with Crippen LogP contribution in [0.2, 0.25) is 0 Å². The largest absolute Gasteiger partial charge is 0.378 e. The molecule has 0 saturated carbocycles. The van der Waals surface area contributed by atoms with E-state index in [0.29, 0.717) is 6.10 Å². The first-order valence-electron chi connectivity index (χ1n) is 6.88. The van der Waals surface area contributed by atoms with Crippen molar-refractivity contribution in [3.8, 4) is 0 Å². The van der Waals surface area contributed by atoms with Gasteiger partial charge >= 0.3 is 0 Å². The maximum Gasteiger partial charge on any atom is 0.0575 e. The Hall–Kier alpha value is 0.270. The fraction of sp³-hybridized carbons (Fsp3) is 1.00. The van der Waals surface area contributed by atoms with Gasteiger partial charge in [-0.05, 0) is 63.0 Å². The third kappa shape index (κ3) is 4.64. The van der Waals surface area contributed by atoms with Gasteiger partial charge in [-0.3, -0.25) is 0 Å². The van der Waals surface area contributed by atoms with Gasteiger partial charge in [-0.1, -0.05) is 0 Å². The number of rotatable bonds is 5. The summed E-state index contributed by atoms with van der Waals surface area (Å²) < 4.78 is 5.74. The molecule has 1 atom stereocenters. The van der Waals surface area contributed by atoms with E-state index < -0.39 is 0 Å². The first-order valence-corrected chi connectivity index (χ1v) is 8.03. The van der Waals surface area contributed by atoms with Crippen molar-refractivity contribution in [3.05, 3.63) is 0 Å². The molecule has 0 spiro atoms. The number of nitrogens with one attached hydrogen (secondary N) is 1. The highest BCUT2D eigenvalue weighted by Crippen LogP contribution is 2.18.